The van der Waals surface area contributed by atoms with Gasteiger partial charge in [-0.25, -0.2) is 10.9 Å². The Morgan fingerprint density at radius 2 is 1.21 bits per heavy atom. The molecule has 172 valence electrons. The molecule has 2 N–H and O–H groups in total. The Labute approximate surface area is 196 Å². The summed E-state index contributed by atoms with van der Waals surface area (Å²) in [5, 5.41) is 29.1. The second kappa shape index (κ2) is 12.2. The first-order valence-corrected chi connectivity index (χ1v) is 9.94. The highest BCUT2D eigenvalue weighted by Crippen LogP contribution is 2.25. The lowest BCUT2D eigenvalue weighted by Gasteiger charge is -2.01. The predicted octanol–water partition coefficient (Wildman–Crippen LogP) is 3.58. The van der Waals surface area contributed by atoms with Crippen molar-refractivity contribution in [3.8, 4) is 0 Å². The highest BCUT2D eigenvalue weighted by Gasteiger charge is 2.13. The third kappa shape index (κ3) is 8.27. The van der Waals surface area contributed by atoms with Crippen LogP contribution >= 0.6 is 23.2 Å². The van der Waals surface area contributed by atoms with Crippen LogP contribution in [-0.4, -0.2) is 34.1 Å². The van der Waals surface area contributed by atoms with Gasteiger partial charge in [0.05, 0.1) is 22.3 Å². The summed E-state index contributed by atoms with van der Waals surface area (Å²) in [6.07, 6.45) is 2.66. The maximum Gasteiger partial charge on any atom is 0.288 e. The average molecular weight is 495 g/mol. The fourth-order valence-corrected chi connectivity index (χ4v) is 2.75. The number of rotatable bonds is 10. The van der Waals surface area contributed by atoms with Gasteiger partial charge in [-0.15, -0.1) is 0 Å². The molecule has 0 saturated heterocycles. The van der Waals surface area contributed by atoms with E-state index in [1.54, 1.807) is 0 Å². The zero-order valence-electron chi connectivity index (χ0n) is 16.7. The number of carbonyl (C=O) groups is 2. The molecule has 0 radical (unpaired) electrons. The van der Waals surface area contributed by atoms with Crippen molar-refractivity contribution >= 4 is 58.8 Å². The van der Waals surface area contributed by atoms with Crippen molar-refractivity contribution in [2.45, 2.75) is 19.3 Å². The first kappa shape index (κ1) is 25.4. The molecule has 0 aliphatic rings. The Bertz CT molecular complexity index is 1050. The van der Waals surface area contributed by atoms with Crippen LogP contribution < -0.4 is 10.9 Å². The van der Waals surface area contributed by atoms with Gasteiger partial charge in [0, 0.05) is 36.1 Å². The van der Waals surface area contributed by atoms with E-state index in [2.05, 4.69) is 21.1 Å². The third-order valence-corrected chi connectivity index (χ3v) is 4.59. The lowest BCUT2D eigenvalue weighted by atomic mass is 10.2. The monoisotopic (exact) mass is 494 g/mol. The Kier molecular flexibility index (Phi) is 9.39. The predicted molar refractivity (Wildman–Crippen MR) is 122 cm³/mol. The standard InChI is InChI=1S/C19H16Cl2N6O6/c20-14-6-4-12(8-16(14)26(30)31)10-22-24-18(28)2-1-3-19(29)25-23-11-13-5-7-15(21)17(9-13)27(32)33/h4-11H,1-3H2,(H,24,28)(H,25,29)/b22-10+,23-11?. The lowest BCUT2D eigenvalue weighted by Crippen LogP contribution is -2.20. The number of nitrogens with one attached hydrogen (secondary N) is 2. The third-order valence-electron chi connectivity index (χ3n) is 3.95. The molecule has 0 fully saturated rings. The lowest BCUT2D eigenvalue weighted by molar-refractivity contribution is -0.384. The summed E-state index contributed by atoms with van der Waals surface area (Å²) in [4.78, 5) is 44.0. The first-order chi connectivity index (χ1) is 15.7. The van der Waals surface area contributed by atoms with Gasteiger partial charge in [-0.05, 0) is 18.6 Å². The fraction of sp³-hybridized carbons (Fsp3) is 0.158. The molecule has 12 nitrogen and oxygen atoms in total. The van der Waals surface area contributed by atoms with Crippen LogP contribution in [0.15, 0.2) is 46.6 Å². The Balaban J connectivity index is 1.73. The maximum atomic E-state index is 11.8. The summed E-state index contributed by atoms with van der Waals surface area (Å²) in [6, 6.07) is 8.11. The molecule has 0 atom stereocenters. The number of hydrogen-bond acceptors (Lipinski definition) is 8. The fourth-order valence-electron chi connectivity index (χ4n) is 2.38. The van der Waals surface area contributed by atoms with Crippen LogP contribution in [0, 0.1) is 20.2 Å². The van der Waals surface area contributed by atoms with Crippen molar-refractivity contribution < 1.29 is 19.4 Å². The zero-order chi connectivity index (χ0) is 24.4. The van der Waals surface area contributed by atoms with Gasteiger partial charge in [0.25, 0.3) is 11.4 Å². The van der Waals surface area contributed by atoms with E-state index in [4.69, 9.17) is 23.2 Å². The summed E-state index contributed by atoms with van der Waals surface area (Å²) in [6.45, 7) is 0. The van der Waals surface area contributed by atoms with Crippen LogP contribution in [0.4, 0.5) is 11.4 Å². The van der Waals surface area contributed by atoms with E-state index in [9.17, 15) is 29.8 Å². The number of nitro benzene ring substituents is 2. The van der Waals surface area contributed by atoms with Crippen molar-refractivity contribution in [1.29, 1.82) is 0 Å². The van der Waals surface area contributed by atoms with Gasteiger partial charge in [0.2, 0.25) is 11.8 Å². The van der Waals surface area contributed by atoms with Crippen molar-refractivity contribution in [3.63, 3.8) is 0 Å². The summed E-state index contributed by atoms with van der Waals surface area (Å²) < 4.78 is 0. The topological polar surface area (TPSA) is 169 Å². The zero-order valence-corrected chi connectivity index (χ0v) is 18.2. The minimum atomic E-state index is -0.632. The van der Waals surface area contributed by atoms with Gasteiger partial charge in [0.15, 0.2) is 0 Å². The number of amides is 2. The number of nitro groups is 2. The Morgan fingerprint density at radius 1 is 0.818 bits per heavy atom. The van der Waals surface area contributed by atoms with E-state index in [1.807, 2.05) is 0 Å². The Morgan fingerprint density at radius 3 is 1.58 bits per heavy atom. The number of benzene rings is 2. The largest absolute Gasteiger partial charge is 0.288 e. The molecule has 14 heteroatoms. The van der Waals surface area contributed by atoms with Crippen molar-refractivity contribution in [2.75, 3.05) is 0 Å². The van der Waals surface area contributed by atoms with Crippen LogP contribution in [0.1, 0.15) is 30.4 Å². The van der Waals surface area contributed by atoms with Gasteiger partial charge in [0.1, 0.15) is 10.0 Å². The summed E-state index contributed by atoms with van der Waals surface area (Å²) in [5.74, 6) is -0.918. The second-order valence-corrected chi connectivity index (χ2v) is 7.19. The van der Waals surface area contributed by atoms with Crippen LogP contribution in [0.5, 0.6) is 0 Å². The molecule has 0 aliphatic heterocycles. The summed E-state index contributed by atoms with van der Waals surface area (Å²) >= 11 is 11.4. The van der Waals surface area contributed by atoms with E-state index in [-0.39, 0.29) is 40.7 Å². The molecule has 0 heterocycles. The first-order valence-electron chi connectivity index (χ1n) is 9.19. The van der Waals surface area contributed by atoms with Crippen molar-refractivity contribution in [3.05, 3.63) is 77.8 Å². The number of halogens is 2. The Hall–Kier alpha value is -3.90. The van der Waals surface area contributed by atoms with E-state index in [0.29, 0.717) is 11.1 Å². The van der Waals surface area contributed by atoms with Gasteiger partial charge in [-0.3, -0.25) is 29.8 Å². The normalized spacial score (nSPS) is 11.0. The second-order valence-electron chi connectivity index (χ2n) is 6.38. The minimum Gasteiger partial charge on any atom is -0.273 e. The molecule has 2 amide bonds. The van der Waals surface area contributed by atoms with Crippen LogP contribution in [0.3, 0.4) is 0 Å². The molecule has 0 saturated carbocycles. The number of hydrazone groups is 2. The molecule has 0 unspecified atom stereocenters. The van der Waals surface area contributed by atoms with E-state index < -0.39 is 21.7 Å². The van der Waals surface area contributed by atoms with Gasteiger partial charge >= 0.3 is 0 Å². The van der Waals surface area contributed by atoms with Gasteiger partial charge in [-0.2, -0.15) is 10.2 Å². The quantitative estimate of drug-likeness (QED) is 0.290. The summed E-state index contributed by atoms with van der Waals surface area (Å²) in [5.41, 5.74) is 4.68. The summed E-state index contributed by atoms with van der Waals surface area (Å²) in [7, 11) is 0. The van der Waals surface area contributed by atoms with Gasteiger partial charge < -0.3 is 0 Å². The van der Waals surface area contributed by atoms with Crippen LogP contribution in [0.2, 0.25) is 10.0 Å². The number of nitrogens with zero attached hydrogens (tertiary/aromatic N) is 4. The van der Waals surface area contributed by atoms with E-state index >= 15 is 0 Å². The number of hydrogen-bond donors (Lipinski definition) is 2. The SMILES string of the molecule is O=C(CCCC(=O)N/N=C/c1ccc(Cl)c([N+](=O)[O-])c1)NN=Cc1ccc(Cl)c([N+](=O)[O-])c1. The molecular formula is C19H16Cl2N6O6. The molecule has 0 bridgehead atoms. The van der Waals surface area contributed by atoms with E-state index in [1.165, 1.54) is 48.8 Å². The van der Waals surface area contributed by atoms with Crippen LogP contribution in [-0.2, 0) is 9.59 Å². The average Bonchev–Trinajstić information content (AvgIpc) is 2.75. The molecule has 0 aromatic heterocycles. The van der Waals surface area contributed by atoms with Crippen molar-refractivity contribution in [2.24, 2.45) is 10.2 Å². The number of carbonyl (C=O) groups excluding carboxylic acids is 2. The molecule has 2 rings (SSSR count). The smallest absolute Gasteiger partial charge is 0.273 e. The molecular weight excluding hydrogens is 479 g/mol. The maximum absolute atomic E-state index is 11.8. The molecule has 33 heavy (non-hydrogen) atoms. The van der Waals surface area contributed by atoms with Crippen molar-refractivity contribution in [1.82, 2.24) is 10.9 Å². The van der Waals surface area contributed by atoms with Crippen LogP contribution in [0.25, 0.3) is 0 Å². The minimum absolute atomic E-state index is 0.00137. The molecule has 0 aliphatic carbocycles. The van der Waals surface area contributed by atoms with Gasteiger partial charge in [-0.1, -0.05) is 35.3 Å². The highest BCUT2D eigenvalue weighted by molar-refractivity contribution is 6.33. The molecule has 2 aromatic rings. The molecule has 2 aromatic carbocycles. The highest BCUT2D eigenvalue weighted by atomic mass is 35.5. The molecule has 0 spiro atoms. The van der Waals surface area contributed by atoms with E-state index in [0.717, 1.165) is 0 Å².